The summed E-state index contributed by atoms with van der Waals surface area (Å²) in [5.41, 5.74) is 1.41. The molecule has 0 saturated carbocycles. The van der Waals surface area contributed by atoms with E-state index in [0.29, 0.717) is 30.0 Å². The van der Waals surface area contributed by atoms with Gasteiger partial charge in [-0.3, -0.25) is 4.79 Å². The van der Waals surface area contributed by atoms with Crippen LogP contribution >= 0.6 is 11.6 Å². The summed E-state index contributed by atoms with van der Waals surface area (Å²) in [4.78, 5) is 12.5. The van der Waals surface area contributed by atoms with Gasteiger partial charge < -0.3 is 5.32 Å². The average Bonchev–Trinajstić information content (AvgIpc) is 2.64. The van der Waals surface area contributed by atoms with E-state index in [0.717, 1.165) is 5.69 Å². The van der Waals surface area contributed by atoms with E-state index in [1.54, 1.807) is 24.3 Å². The lowest BCUT2D eigenvalue weighted by molar-refractivity contribution is -0.120. The molecule has 0 spiro atoms. The first-order valence-corrected chi connectivity index (χ1v) is 10.5. The van der Waals surface area contributed by atoms with E-state index in [-0.39, 0.29) is 24.1 Å². The minimum Gasteiger partial charge on any atom is -0.326 e. The van der Waals surface area contributed by atoms with Gasteiger partial charge in [-0.2, -0.15) is 0 Å². The maximum Gasteiger partial charge on any atom is 0.228 e. The first kappa shape index (κ1) is 18.9. The summed E-state index contributed by atoms with van der Waals surface area (Å²) < 4.78 is 26.9. The molecule has 0 aliphatic carbocycles. The Hall–Kier alpha value is -1.89. The van der Waals surface area contributed by atoms with Crippen molar-refractivity contribution < 1.29 is 13.2 Å². The summed E-state index contributed by atoms with van der Waals surface area (Å²) in [7, 11) is -3.48. The summed E-state index contributed by atoms with van der Waals surface area (Å²) in [5, 5.41) is 3.44. The number of nitrogens with one attached hydrogen (secondary N) is 1. The van der Waals surface area contributed by atoms with Gasteiger partial charge in [0.15, 0.2) is 0 Å². The Morgan fingerprint density at radius 1 is 1.12 bits per heavy atom. The van der Waals surface area contributed by atoms with Crippen molar-refractivity contribution in [2.45, 2.75) is 18.6 Å². The van der Waals surface area contributed by atoms with Crippen LogP contribution in [0.4, 0.5) is 5.69 Å². The third-order valence-electron chi connectivity index (χ3n) is 4.45. The molecule has 0 radical (unpaired) electrons. The topological polar surface area (TPSA) is 66.5 Å². The number of piperidine rings is 1. The van der Waals surface area contributed by atoms with Crippen molar-refractivity contribution in [3.8, 4) is 0 Å². The van der Waals surface area contributed by atoms with Gasteiger partial charge in [0.1, 0.15) is 0 Å². The first-order valence-electron chi connectivity index (χ1n) is 8.52. The van der Waals surface area contributed by atoms with Gasteiger partial charge in [0, 0.05) is 23.8 Å². The number of halogens is 1. The van der Waals surface area contributed by atoms with E-state index in [1.807, 2.05) is 30.3 Å². The van der Waals surface area contributed by atoms with Crippen molar-refractivity contribution in [3.05, 3.63) is 65.2 Å². The molecule has 1 aliphatic heterocycles. The smallest absolute Gasteiger partial charge is 0.228 e. The molecule has 2 aromatic rings. The van der Waals surface area contributed by atoms with Crippen LogP contribution in [0, 0.1) is 5.92 Å². The van der Waals surface area contributed by atoms with Crippen molar-refractivity contribution in [2.75, 3.05) is 18.4 Å². The first-order chi connectivity index (χ1) is 12.4. The highest BCUT2D eigenvalue weighted by atomic mass is 35.5. The predicted molar refractivity (Wildman–Crippen MR) is 103 cm³/mol. The van der Waals surface area contributed by atoms with Crippen LogP contribution in [0.2, 0.25) is 5.02 Å². The quantitative estimate of drug-likeness (QED) is 0.846. The fourth-order valence-electron chi connectivity index (χ4n) is 3.06. The number of anilines is 1. The normalized spacial score (nSPS) is 18.4. The van der Waals surface area contributed by atoms with Crippen LogP contribution in [0.1, 0.15) is 18.4 Å². The molecule has 3 rings (SSSR count). The molecule has 7 heteroatoms. The zero-order valence-corrected chi connectivity index (χ0v) is 15.8. The van der Waals surface area contributed by atoms with Gasteiger partial charge in [0.25, 0.3) is 0 Å². The van der Waals surface area contributed by atoms with E-state index in [9.17, 15) is 13.2 Å². The zero-order chi connectivity index (χ0) is 18.6. The van der Waals surface area contributed by atoms with Gasteiger partial charge in [-0.15, -0.1) is 0 Å². The van der Waals surface area contributed by atoms with Gasteiger partial charge in [-0.25, -0.2) is 12.7 Å². The van der Waals surface area contributed by atoms with Gasteiger partial charge >= 0.3 is 0 Å². The SMILES string of the molecule is O=C(Nc1ccccc1)[C@H]1CCCN(S(=O)(=O)Cc2ccc(Cl)cc2)C1. The molecule has 1 heterocycles. The maximum absolute atomic E-state index is 12.7. The number of para-hydroxylation sites is 1. The summed E-state index contributed by atoms with van der Waals surface area (Å²) >= 11 is 5.85. The van der Waals surface area contributed by atoms with Gasteiger partial charge in [0.05, 0.1) is 11.7 Å². The molecule has 138 valence electrons. The van der Waals surface area contributed by atoms with Crippen molar-refractivity contribution in [1.29, 1.82) is 0 Å². The van der Waals surface area contributed by atoms with Crippen LogP contribution in [0.3, 0.4) is 0 Å². The zero-order valence-electron chi connectivity index (χ0n) is 14.3. The summed E-state index contributed by atoms with van der Waals surface area (Å²) in [6.45, 7) is 0.666. The van der Waals surface area contributed by atoms with Crippen LogP contribution in [-0.2, 0) is 20.6 Å². The van der Waals surface area contributed by atoms with Gasteiger partial charge in [-0.1, -0.05) is 41.9 Å². The summed E-state index contributed by atoms with van der Waals surface area (Å²) in [6.07, 6.45) is 1.36. The van der Waals surface area contributed by atoms with Crippen LogP contribution in [0.25, 0.3) is 0 Å². The Kier molecular flexibility index (Phi) is 5.96. The molecule has 26 heavy (non-hydrogen) atoms. The molecule has 0 bridgehead atoms. The molecule has 0 aromatic heterocycles. The van der Waals surface area contributed by atoms with Crippen molar-refractivity contribution in [3.63, 3.8) is 0 Å². The minimum absolute atomic E-state index is 0.0861. The molecule has 5 nitrogen and oxygen atoms in total. The van der Waals surface area contributed by atoms with Crippen molar-refractivity contribution in [2.24, 2.45) is 5.92 Å². The Balaban J connectivity index is 1.65. The standard InChI is InChI=1S/C19H21ClN2O3S/c20-17-10-8-15(9-11-17)14-26(24,25)22-12-4-5-16(13-22)19(23)21-18-6-2-1-3-7-18/h1-3,6-11,16H,4-5,12-14H2,(H,21,23)/t16-/m0/s1. The van der Waals surface area contributed by atoms with Crippen molar-refractivity contribution >= 4 is 33.2 Å². The lowest BCUT2D eigenvalue weighted by atomic mass is 9.99. The lowest BCUT2D eigenvalue weighted by Gasteiger charge is -2.31. The maximum atomic E-state index is 12.7. The summed E-state index contributed by atoms with van der Waals surface area (Å²) in [6, 6.07) is 16.0. The highest BCUT2D eigenvalue weighted by molar-refractivity contribution is 7.88. The molecule has 1 aliphatic rings. The Morgan fingerprint density at radius 3 is 2.50 bits per heavy atom. The molecule has 1 saturated heterocycles. The Labute approximate surface area is 159 Å². The van der Waals surface area contributed by atoms with Crippen LogP contribution in [0.15, 0.2) is 54.6 Å². The molecule has 1 fully saturated rings. The van der Waals surface area contributed by atoms with Crippen molar-refractivity contribution in [1.82, 2.24) is 4.31 Å². The van der Waals surface area contributed by atoms with E-state index >= 15 is 0 Å². The molecule has 1 atom stereocenters. The number of amides is 1. The van der Waals surface area contributed by atoms with E-state index in [1.165, 1.54) is 4.31 Å². The second-order valence-electron chi connectivity index (χ2n) is 6.44. The summed E-state index contributed by atoms with van der Waals surface area (Å²) in [5.74, 6) is -0.566. The molecule has 1 N–H and O–H groups in total. The average molecular weight is 393 g/mol. The third kappa shape index (κ3) is 4.84. The number of hydrogen-bond acceptors (Lipinski definition) is 3. The number of benzene rings is 2. The Morgan fingerprint density at radius 2 is 1.81 bits per heavy atom. The fourth-order valence-corrected chi connectivity index (χ4v) is 4.79. The Bertz CT molecular complexity index is 854. The molecule has 0 unspecified atom stereocenters. The molecular formula is C19H21ClN2O3S. The number of hydrogen-bond donors (Lipinski definition) is 1. The lowest BCUT2D eigenvalue weighted by Crippen LogP contribution is -2.44. The highest BCUT2D eigenvalue weighted by Gasteiger charge is 2.32. The van der Waals surface area contributed by atoms with E-state index < -0.39 is 10.0 Å². The number of sulfonamides is 1. The molecule has 1 amide bonds. The fraction of sp³-hybridized carbons (Fsp3) is 0.316. The number of carbonyl (C=O) groups is 1. The predicted octanol–water partition coefficient (Wildman–Crippen LogP) is 3.52. The largest absolute Gasteiger partial charge is 0.326 e. The second kappa shape index (κ2) is 8.20. The molecular weight excluding hydrogens is 372 g/mol. The van der Waals surface area contributed by atoms with Gasteiger partial charge in [-0.05, 0) is 42.7 Å². The third-order valence-corrected chi connectivity index (χ3v) is 6.52. The second-order valence-corrected chi connectivity index (χ2v) is 8.84. The van der Waals surface area contributed by atoms with Gasteiger partial charge in [0.2, 0.25) is 15.9 Å². The monoisotopic (exact) mass is 392 g/mol. The highest BCUT2D eigenvalue weighted by Crippen LogP contribution is 2.23. The van der Waals surface area contributed by atoms with Crippen LogP contribution < -0.4 is 5.32 Å². The van der Waals surface area contributed by atoms with E-state index in [4.69, 9.17) is 11.6 Å². The minimum atomic E-state index is -3.48. The van der Waals surface area contributed by atoms with E-state index in [2.05, 4.69) is 5.32 Å². The van der Waals surface area contributed by atoms with Crippen LogP contribution in [-0.4, -0.2) is 31.7 Å². The number of nitrogens with zero attached hydrogens (tertiary/aromatic N) is 1. The van der Waals surface area contributed by atoms with Crippen LogP contribution in [0.5, 0.6) is 0 Å². The number of rotatable bonds is 5. The number of carbonyl (C=O) groups excluding carboxylic acids is 1. The molecule has 2 aromatic carbocycles.